The van der Waals surface area contributed by atoms with Gasteiger partial charge in [0.2, 0.25) is 0 Å². The van der Waals surface area contributed by atoms with E-state index in [1.54, 1.807) is 12.3 Å². The van der Waals surface area contributed by atoms with Crippen molar-refractivity contribution in [2.75, 3.05) is 0 Å². The van der Waals surface area contributed by atoms with Crippen LogP contribution in [0.25, 0.3) is 11.3 Å². The molecule has 8 heteroatoms. The summed E-state index contributed by atoms with van der Waals surface area (Å²) in [5, 5.41) is 8.02. The van der Waals surface area contributed by atoms with Gasteiger partial charge in [0.25, 0.3) is 0 Å². The van der Waals surface area contributed by atoms with Crippen molar-refractivity contribution in [3.05, 3.63) is 66.4 Å². The summed E-state index contributed by atoms with van der Waals surface area (Å²) in [5.74, 6) is 0. The van der Waals surface area contributed by atoms with Crippen LogP contribution in [0.2, 0.25) is 0 Å². The Morgan fingerprint density at radius 3 is 2.39 bits per heavy atom. The first kappa shape index (κ1) is 18.4. The van der Waals surface area contributed by atoms with E-state index in [4.69, 9.17) is 0 Å². The van der Waals surface area contributed by atoms with Crippen molar-refractivity contribution in [3.63, 3.8) is 0 Å². The largest absolute Gasteiger partial charge is 1.00 e. The molecule has 0 saturated heterocycles. The van der Waals surface area contributed by atoms with Crippen molar-refractivity contribution < 1.29 is 64.3 Å². The van der Waals surface area contributed by atoms with Crippen LogP contribution in [0.4, 0.5) is 12.9 Å². The molecule has 2 aromatic carbocycles. The molecular formula is C15H12BF3KN3. The summed E-state index contributed by atoms with van der Waals surface area (Å²) in [6.07, 6.45) is 1.72. The fraction of sp³-hybridized carbons (Fsp3) is 0.0667. The van der Waals surface area contributed by atoms with Crippen LogP contribution in [0.15, 0.2) is 60.8 Å². The first-order valence-electron chi connectivity index (χ1n) is 6.77. The standard InChI is InChI=1S/C15H12BF3N3.K/c17-16(18,19)14-8-4-5-12(9-14)10-22-11-15(20-21-22)13-6-2-1-3-7-13;/h1-9,11H,10H2;/q-1;+1. The van der Waals surface area contributed by atoms with Crippen molar-refractivity contribution in [1.82, 2.24) is 15.0 Å². The number of halogens is 3. The van der Waals surface area contributed by atoms with E-state index >= 15 is 0 Å². The van der Waals surface area contributed by atoms with Crippen molar-refractivity contribution in [3.8, 4) is 11.3 Å². The Morgan fingerprint density at radius 2 is 1.70 bits per heavy atom. The smallest absolute Gasteiger partial charge is 0.445 e. The molecule has 0 amide bonds. The van der Waals surface area contributed by atoms with Crippen LogP contribution in [0.1, 0.15) is 5.56 Å². The molecule has 3 rings (SSSR count). The van der Waals surface area contributed by atoms with E-state index in [9.17, 15) is 12.9 Å². The number of hydrogen-bond donors (Lipinski definition) is 0. The second kappa shape index (κ2) is 7.76. The van der Waals surface area contributed by atoms with Crippen LogP contribution in [-0.2, 0) is 6.54 Å². The van der Waals surface area contributed by atoms with Crippen molar-refractivity contribution in [1.29, 1.82) is 0 Å². The SMILES string of the molecule is F[B-](F)(F)c1cccc(Cn2cc(-c3ccccc3)nn2)c1.[K+]. The van der Waals surface area contributed by atoms with Crippen molar-refractivity contribution in [2.45, 2.75) is 6.54 Å². The fourth-order valence-electron chi connectivity index (χ4n) is 2.20. The van der Waals surface area contributed by atoms with Gasteiger partial charge in [-0.1, -0.05) is 59.8 Å². The van der Waals surface area contributed by atoms with Crippen LogP contribution >= 0.6 is 0 Å². The van der Waals surface area contributed by atoms with Gasteiger partial charge in [-0.15, -0.1) is 10.6 Å². The van der Waals surface area contributed by atoms with Crippen LogP contribution in [-0.4, -0.2) is 22.0 Å². The van der Waals surface area contributed by atoms with Crippen LogP contribution < -0.4 is 56.8 Å². The third-order valence-electron chi connectivity index (χ3n) is 3.28. The molecule has 0 fully saturated rings. The van der Waals surface area contributed by atoms with Crippen LogP contribution in [0.3, 0.4) is 0 Å². The third-order valence-corrected chi connectivity index (χ3v) is 3.28. The van der Waals surface area contributed by atoms with Crippen molar-refractivity contribution in [2.24, 2.45) is 0 Å². The Kier molecular flexibility index (Phi) is 6.21. The maximum atomic E-state index is 12.8. The second-order valence-electron chi connectivity index (χ2n) is 4.99. The molecule has 23 heavy (non-hydrogen) atoms. The molecule has 0 aliphatic carbocycles. The van der Waals surface area contributed by atoms with E-state index in [1.165, 1.54) is 10.7 Å². The van der Waals surface area contributed by atoms with Crippen LogP contribution in [0.5, 0.6) is 0 Å². The van der Waals surface area contributed by atoms with E-state index in [-0.39, 0.29) is 57.9 Å². The molecule has 3 aromatic rings. The summed E-state index contributed by atoms with van der Waals surface area (Å²) in [7, 11) is 0. The Labute approximate surface area is 174 Å². The second-order valence-corrected chi connectivity index (χ2v) is 4.99. The summed E-state index contributed by atoms with van der Waals surface area (Å²) in [4.78, 5) is 0. The van der Waals surface area contributed by atoms with Gasteiger partial charge in [-0.2, -0.15) is 0 Å². The molecule has 3 nitrogen and oxygen atoms in total. The number of benzene rings is 2. The molecular weight excluding hydrogens is 329 g/mol. The molecule has 0 N–H and O–H groups in total. The van der Waals surface area contributed by atoms with E-state index in [0.717, 1.165) is 17.7 Å². The molecule has 0 saturated carbocycles. The van der Waals surface area contributed by atoms with Crippen molar-refractivity contribution >= 4 is 12.4 Å². The molecule has 0 atom stereocenters. The number of aromatic nitrogens is 3. The Bertz CT molecular complexity index is 775. The zero-order chi connectivity index (χ0) is 15.6. The van der Waals surface area contributed by atoms with Gasteiger partial charge in [-0.25, -0.2) is 4.68 Å². The predicted octanol–water partition coefficient (Wildman–Crippen LogP) is 0.0518. The summed E-state index contributed by atoms with van der Waals surface area (Å²) in [6, 6.07) is 14.8. The van der Waals surface area contributed by atoms with Gasteiger partial charge in [-0.3, -0.25) is 0 Å². The molecule has 112 valence electrons. The van der Waals surface area contributed by atoms with Gasteiger partial charge in [0.15, 0.2) is 0 Å². The number of nitrogens with zero attached hydrogens (tertiary/aromatic N) is 3. The molecule has 0 aliphatic rings. The molecule has 1 heterocycles. The maximum Gasteiger partial charge on any atom is 1.00 e. The zero-order valence-electron chi connectivity index (χ0n) is 12.5. The molecule has 0 bridgehead atoms. The topological polar surface area (TPSA) is 30.7 Å². The molecule has 0 spiro atoms. The molecule has 0 unspecified atom stereocenters. The summed E-state index contributed by atoms with van der Waals surface area (Å²) in [5.41, 5.74) is 1.56. The van der Waals surface area contributed by atoms with Gasteiger partial charge in [0.05, 0.1) is 12.7 Å². The summed E-state index contributed by atoms with van der Waals surface area (Å²) >= 11 is 0. The normalized spacial score (nSPS) is 11.1. The zero-order valence-corrected chi connectivity index (χ0v) is 15.7. The fourth-order valence-corrected chi connectivity index (χ4v) is 2.20. The van der Waals surface area contributed by atoms with Gasteiger partial charge < -0.3 is 12.9 Å². The Balaban J connectivity index is 0.00000192. The average molecular weight is 341 g/mol. The minimum atomic E-state index is -4.99. The molecule has 1 aromatic heterocycles. The maximum absolute atomic E-state index is 12.8. The first-order chi connectivity index (χ1) is 10.5. The van der Waals surface area contributed by atoms with E-state index < -0.39 is 12.4 Å². The molecule has 0 radical (unpaired) electrons. The Hall–Kier alpha value is -0.929. The number of rotatable bonds is 4. The number of hydrogen-bond acceptors (Lipinski definition) is 2. The molecule has 0 aliphatic heterocycles. The summed E-state index contributed by atoms with van der Waals surface area (Å²) < 4.78 is 39.8. The van der Waals surface area contributed by atoms with Crippen LogP contribution in [0, 0.1) is 0 Å². The minimum absolute atomic E-state index is 0. The van der Waals surface area contributed by atoms with Gasteiger partial charge in [-0.05, 0) is 5.56 Å². The third kappa shape index (κ3) is 4.77. The van der Waals surface area contributed by atoms with Gasteiger partial charge in [0, 0.05) is 5.56 Å². The minimum Gasteiger partial charge on any atom is -0.445 e. The van der Waals surface area contributed by atoms with E-state index in [2.05, 4.69) is 10.3 Å². The van der Waals surface area contributed by atoms with Gasteiger partial charge >= 0.3 is 58.4 Å². The predicted molar refractivity (Wildman–Crippen MR) is 79.7 cm³/mol. The Morgan fingerprint density at radius 1 is 0.957 bits per heavy atom. The first-order valence-corrected chi connectivity index (χ1v) is 6.77. The average Bonchev–Trinajstić information content (AvgIpc) is 2.96. The van der Waals surface area contributed by atoms with E-state index in [0.29, 0.717) is 11.3 Å². The van der Waals surface area contributed by atoms with E-state index in [1.807, 2.05) is 30.3 Å². The quantitative estimate of drug-likeness (QED) is 0.628. The van der Waals surface area contributed by atoms with Gasteiger partial charge in [0.1, 0.15) is 5.69 Å². The monoisotopic (exact) mass is 341 g/mol. The summed E-state index contributed by atoms with van der Waals surface area (Å²) in [6.45, 7) is -4.74.